The van der Waals surface area contributed by atoms with Crippen molar-refractivity contribution in [2.24, 2.45) is 4.99 Å². The van der Waals surface area contributed by atoms with Gasteiger partial charge in [-0.1, -0.05) is 36.4 Å². The number of nitrogens with zero attached hydrogens (tertiary/aromatic N) is 1. The summed E-state index contributed by atoms with van der Waals surface area (Å²) >= 11 is 1.11. The fourth-order valence-electron chi connectivity index (χ4n) is 2.95. The Morgan fingerprint density at radius 1 is 1.00 bits per heavy atom. The Morgan fingerprint density at radius 2 is 1.75 bits per heavy atom. The van der Waals surface area contributed by atoms with E-state index in [1.807, 2.05) is 0 Å². The normalized spacial score (nSPS) is 15.8. The second-order valence-electron chi connectivity index (χ2n) is 6.72. The largest absolute Gasteiger partial charge is 0.493 e. The first-order chi connectivity index (χ1) is 15.5. The summed E-state index contributed by atoms with van der Waals surface area (Å²) in [5, 5.41) is 2.93. The number of carbonyl (C=O) groups is 1. The van der Waals surface area contributed by atoms with Gasteiger partial charge >= 0.3 is 0 Å². The minimum absolute atomic E-state index is 0.0532. The quantitative estimate of drug-likeness (QED) is 0.506. The predicted molar refractivity (Wildman–Crippen MR) is 121 cm³/mol. The Hall–Kier alpha value is -3.65. The molecule has 0 aliphatic carbocycles. The first kappa shape index (κ1) is 21.6. The number of ether oxygens (including phenoxy) is 2. The highest BCUT2D eigenvalue weighted by Crippen LogP contribution is 2.33. The molecule has 1 amide bonds. The molecule has 0 atom stereocenters. The number of halogens is 2. The molecular weight excluding hydrogens is 434 g/mol. The Balaban J connectivity index is 1.51. The number of hydrogen-bond donors (Lipinski definition) is 1. The number of amidine groups is 1. The first-order valence-corrected chi connectivity index (χ1v) is 10.4. The second kappa shape index (κ2) is 9.65. The number of aliphatic imine (C=N–C) groups is 1. The van der Waals surface area contributed by atoms with Gasteiger partial charge < -0.3 is 14.8 Å². The summed E-state index contributed by atoms with van der Waals surface area (Å²) < 4.78 is 38.7. The average molecular weight is 452 g/mol. The van der Waals surface area contributed by atoms with Crippen LogP contribution in [0.4, 0.5) is 14.5 Å². The maximum absolute atomic E-state index is 13.8. The average Bonchev–Trinajstić information content (AvgIpc) is 3.13. The lowest BCUT2D eigenvalue weighted by Gasteiger charge is -2.12. The molecule has 0 aromatic heterocycles. The van der Waals surface area contributed by atoms with E-state index in [1.54, 1.807) is 54.6 Å². The van der Waals surface area contributed by atoms with Gasteiger partial charge in [-0.05, 0) is 53.7 Å². The molecule has 1 saturated heterocycles. The molecule has 4 rings (SSSR count). The van der Waals surface area contributed by atoms with Crippen molar-refractivity contribution in [2.75, 3.05) is 7.11 Å². The lowest BCUT2D eigenvalue weighted by atomic mass is 10.2. The third kappa shape index (κ3) is 4.97. The number of methoxy groups -OCH3 is 1. The molecule has 3 aromatic carbocycles. The Labute approximate surface area is 187 Å². The minimum Gasteiger partial charge on any atom is -0.493 e. The number of para-hydroxylation sites is 1. The SMILES string of the molecule is COc1cc(C=C2SC(=Nc3ccccc3F)NC2=O)ccc1OCc1ccccc1F. The number of nitrogens with one attached hydrogen (secondary N) is 1. The molecule has 5 nitrogen and oxygen atoms in total. The van der Waals surface area contributed by atoms with Crippen LogP contribution in [0.1, 0.15) is 11.1 Å². The monoisotopic (exact) mass is 452 g/mol. The number of amides is 1. The van der Waals surface area contributed by atoms with Crippen LogP contribution in [0.25, 0.3) is 6.08 Å². The van der Waals surface area contributed by atoms with E-state index in [1.165, 1.54) is 25.3 Å². The van der Waals surface area contributed by atoms with E-state index in [4.69, 9.17) is 9.47 Å². The van der Waals surface area contributed by atoms with Crippen molar-refractivity contribution in [2.45, 2.75) is 6.61 Å². The molecular formula is C24H18F2N2O3S. The van der Waals surface area contributed by atoms with Crippen molar-refractivity contribution in [1.29, 1.82) is 0 Å². The van der Waals surface area contributed by atoms with E-state index < -0.39 is 5.82 Å². The second-order valence-corrected chi connectivity index (χ2v) is 7.75. The molecule has 0 unspecified atom stereocenters. The molecule has 1 aliphatic rings. The molecule has 0 bridgehead atoms. The Bertz CT molecular complexity index is 1230. The van der Waals surface area contributed by atoms with Gasteiger partial charge in [0, 0.05) is 5.56 Å². The van der Waals surface area contributed by atoms with Crippen LogP contribution in [-0.4, -0.2) is 18.2 Å². The van der Waals surface area contributed by atoms with Crippen molar-refractivity contribution in [3.8, 4) is 11.5 Å². The van der Waals surface area contributed by atoms with Gasteiger partial charge in [0.05, 0.1) is 12.0 Å². The summed E-state index contributed by atoms with van der Waals surface area (Å²) in [7, 11) is 1.50. The molecule has 1 fully saturated rings. The van der Waals surface area contributed by atoms with E-state index in [0.717, 1.165) is 11.8 Å². The van der Waals surface area contributed by atoms with Crippen LogP contribution in [0.5, 0.6) is 11.5 Å². The molecule has 8 heteroatoms. The third-order valence-corrected chi connectivity index (χ3v) is 5.46. The standard InChI is InChI=1S/C24H18F2N2O3S/c1-30-21-12-15(10-11-20(21)31-14-16-6-2-3-7-17(16)25)13-22-23(29)28-24(32-22)27-19-9-5-4-8-18(19)26/h2-13H,14H2,1H3,(H,27,28,29). The molecule has 162 valence electrons. The summed E-state index contributed by atoms with van der Waals surface area (Å²) in [6.07, 6.45) is 1.67. The molecule has 0 radical (unpaired) electrons. The van der Waals surface area contributed by atoms with Gasteiger partial charge in [0.25, 0.3) is 5.91 Å². The molecule has 3 aromatic rings. The van der Waals surface area contributed by atoms with E-state index in [-0.39, 0.29) is 24.0 Å². The molecule has 1 N–H and O–H groups in total. The summed E-state index contributed by atoms with van der Waals surface area (Å²) in [5.41, 5.74) is 1.28. The topological polar surface area (TPSA) is 59.9 Å². The third-order valence-electron chi connectivity index (χ3n) is 4.55. The smallest absolute Gasteiger partial charge is 0.264 e. The molecule has 32 heavy (non-hydrogen) atoms. The number of rotatable bonds is 6. The van der Waals surface area contributed by atoms with Crippen molar-refractivity contribution < 1.29 is 23.0 Å². The van der Waals surface area contributed by atoms with Crippen LogP contribution >= 0.6 is 11.8 Å². The highest BCUT2D eigenvalue weighted by molar-refractivity contribution is 8.18. The lowest BCUT2D eigenvalue weighted by molar-refractivity contribution is -0.115. The highest BCUT2D eigenvalue weighted by Gasteiger charge is 2.24. The van der Waals surface area contributed by atoms with Crippen molar-refractivity contribution in [1.82, 2.24) is 5.32 Å². The van der Waals surface area contributed by atoms with E-state index in [9.17, 15) is 13.6 Å². The maximum atomic E-state index is 13.8. The van der Waals surface area contributed by atoms with Gasteiger partial charge in [-0.2, -0.15) is 0 Å². The minimum atomic E-state index is -0.469. The number of carbonyl (C=O) groups excluding carboxylic acids is 1. The van der Waals surface area contributed by atoms with Crippen molar-refractivity contribution in [3.05, 3.63) is 94.4 Å². The fourth-order valence-corrected chi connectivity index (χ4v) is 3.78. The first-order valence-electron chi connectivity index (χ1n) is 9.62. The van der Waals surface area contributed by atoms with Crippen molar-refractivity contribution >= 4 is 34.6 Å². The van der Waals surface area contributed by atoms with Crippen LogP contribution in [0.2, 0.25) is 0 Å². The Morgan fingerprint density at radius 3 is 2.50 bits per heavy atom. The van der Waals surface area contributed by atoms with Gasteiger partial charge in [0.1, 0.15) is 23.9 Å². The van der Waals surface area contributed by atoms with Gasteiger partial charge in [0.15, 0.2) is 16.7 Å². The summed E-state index contributed by atoms with van der Waals surface area (Å²) in [4.78, 5) is 16.9. The lowest BCUT2D eigenvalue weighted by Crippen LogP contribution is -2.19. The van der Waals surface area contributed by atoms with Gasteiger partial charge in [-0.3, -0.25) is 4.79 Å². The van der Waals surface area contributed by atoms with E-state index in [0.29, 0.717) is 32.7 Å². The van der Waals surface area contributed by atoms with Crippen LogP contribution in [0.15, 0.2) is 76.6 Å². The zero-order valence-corrected chi connectivity index (χ0v) is 17.8. The number of hydrogen-bond acceptors (Lipinski definition) is 5. The molecule has 0 saturated carbocycles. The van der Waals surface area contributed by atoms with Gasteiger partial charge in [-0.15, -0.1) is 0 Å². The summed E-state index contributed by atoms with van der Waals surface area (Å²) in [6, 6.07) is 17.6. The number of benzene rings is 3. The molecule has 1 aliphatic heterocycles. The van der Waals surface area contributed by atoms with E-state index >= 15 is 0 Å². The molecule has 0 spiro atoms. The number of thioether (sulfide) groups is 1. The summed E-state index contributed by atoms with van der Waals surface area (Å²) in [6.45, 7) is 0.0532. The highest BCUT2D eigenvalue weighted by atomic mass is 32.2. The Kier molecular flexibility index (Phi) is 6.51. The van der Waals surface area contributed by atoms with Crippen LogP contribution in [0.3, 0.4) is 0 Å². The maximum Gasteiger partial charge on any atom is 0.264 e. The molecule has 1 heterocycles. The summed E-state index contributed by atoms with van der Waals surface area (Å²) in [5.74, 6) is -0.251. The van der Waals surface area contributed by atoms with E-state index in [2.05, 4.69) is 10.3 Å². The predicted octanol–water partition coefficient (Wildman–Crippen LogP) is 5.44. The zero-order valence-electron chi connectivity index (χ0n) is 17.0. The van der Waals surface area contributed by atoms with Gasteiger partial charge in [-0.25, -0.2) is 13.8 Å². The van der Waals surface area contributed by atoms with Gasteiger partial charge in [0.2, 0.25) is 0 Å². The van der Waals surface area contributed by atoms with Crippen LogP contribution in [-0.2, 0) is 11.4 Å². The zero-order chi connectivity index (χ0) is 22.5. The fraction of sp³-hybridized carbons (Fsp3) is 0.0833. The van der Waals surface area contributed by atoms with Crippen molar-refractivity contribution in [3.63, 3.8) is 0 Å². The van der Waals surface area contributed by atoms with Crippen LogP contribution < -0.4 is 14.8 Å². The van der Waals surface area contributed by atoms with Crippen LogP contribution in [0, 0.1) is 11.6 Å².